The van der Waals surface area contributed by atoms with Crippen molar-refractivity contribution in [3.63, 3.8) is 0 Å². The van der Waals surface area contributed by atoms with E-state index in [0.29, 0.717) is 5.76 Å². The molecule has 0 unspecified atom stereocenters. The average molecular weight is 409 g/mol. The van der Waals surface area contributed by atoms with E-state index in [1.165, 1.54) is 0 Å². The molecule has 1 N–H and O–H groups in total. The molecule has 3 aromatic rings. The van der Waals surface area contributed by atoms with E-state index in [4.69, 9.17) is 14.1 Å². The summed E-state index contributed by atoms with van der Waals surface area (Å²) in [5, 5.41) is 0. The summed E-state index contributed by atoms with van der Waals surface area (Å²) in [6, 6.07) is 9.88. The lowest BCUT2D eigenvalue weighted by atomic mass is 10.0. The largest absolute Gasteiger partial charge is 0.456 e. The second-order valence-electron chi connectivity index (χ2n) is 8.23. The van der Waals surface area contributed by atoms with Crippen LogP contribution in [0.3, 0.4) is 0 Å². The number of aryl methyl sites for hydroxylation is 1. The number of nitrogens with zero attached hydrogens (tertiary/aromatic N) is 3. The van der Waals surface area contributed by atoms with Crippen molar-refractivity contribution in [3.05, 3.63) is 53.2 Å². The molecule has 0 spiro atoms. The fourth-order valence-corrected chi connectivity index (χ4v) is 4.51. The number of carbonyl (C=O) groups is 1. The first-order chi connectivity index (χ1) is 14.7. The van der Waals surface area contributed by atoms with Crippen molar-refractivity contribution < 1.29 is 13.9 Å². The van der Waals surface area contributed by atoms with Crippen LogP contribution >= 0.6 is 0 Å². The number of hydrogen-bond donors (Lipinski definition) is 1. The van der Waals surface area contributed by atoms with Gasteiger partial charge in [0.05, 0.1) is 30.3 Å². The molecule has 1 atom stereocenters. The van der Waals surface area contributed by atoms with Crippen molar-refractivity contribution in [3.8, 4) is 0 Å². The van der Waals surface area contributed by atoms with Crippen LogP contribution in [-0.4, -0.2) is 58.5 Å². The number of benzene rings is 1. The van der Waals surface area contributed by atoms with Gasteiger partial charge >= 0.3 is 0 Å². The molecule has 1 amide bonds. The van der Waals surface area contributed by atoms with Gasteiger partial charge in [0.1, 0.15) is 11.6 Å². The van der Waals surface area contributed by atoms with Gasteiger partial charge in [0, 0.05) is 31.7 Å². The van der Waals surface area contributed by atoms with Gasteiger partial charge in [0.2, 0.25) is 0 Å². The van der Waals surface area contributed by atoms with E-state index >= 15 is 0 Å². The number of hydrogen-bond acceptors (Lipinski definition) is 5. The average Bonchev–Trinajstić information content (AvgIpc) is 3.37. The Bertz CT molecular complexity index is 1000. The Morgan fingerprint density at radius 3 is 2.87 bits per heavy atom. The van der Waals surface area contributed by atoms with Crippen LogP contribution in [0, 0.1) is 6.92 Å². The SMILES string of the molecule is Cc1oc(C(=O)N2CCCC[C@H]2c2nc3ccccc3[nH]2)cc1CN1CCOCC1. The number of piperidine rings is 1. The van der Waals surface area contributed by atoms with Crippen LogP contribution in [0.4, 0.5) is 0 Å². The number of aromatic nitrogens is 2. The number of imidazole rings is 1. The Labute approximate surface area is 176 Å². The smallest absolute Gasteiger partial charge is 0.290 e. The number of carbonyl (C=O) groups excluding carboxylic acids is 1. The summed E-state index contributed by atoms with van der Waals surface area (Å²) in [5.74, 6) is 2.07. The lowest BCUT2D eigenvalue weighted by Gasteiger charge is -2.33. The summed E-state index contributed by atoms with van der Waals surface area (Å²) < 4.78 is 11.4. The van der Waals surface area contributed by atoms with Gasteiger partial charge in [-0.2, -0.15) is 0 Å². The minimum atomic E-state index is -0.0493. The number of para-hydroxylation sites is 2. The van der Waals surface area contributed by atoms with Gasteiger partial charge in [-0.1, -0.05) is 12.1 Å². The number of H-pyrrole nitrogens is 1. The maximum Gasteiger partial charge on any atom is 0.290 e. The highest BCUT2D eigenvalue weighted by Gasteiger charge is 2.32. The number of morpholine rings is 1. The Kier molecular flexibility index (Phi) is 5.31. The van der Waals surface area contributed by atoms with Crippen molar-refractivity contribution >= 4 is 16.9 Å². The van der Waals surface area contributed by atoms with E-state index in [9.17, 15) is 4.79 Å². The first-order valence-corrected chi connectivity index (χ1v) is 10.8. The summed E-state index contributed by atoms with van der Waals surface area (Å²) in [6.45, 7) is 6.80. The summed E-state index contributed by atoms with van der Waals surface area (Å²) in [6.07, 6.45) is 3.00. The Hall–Kier alpha value is -2.64. The van der Waals surface area contributed by atoms with Gasteiger partial charge in [0.25, 0.3) is 5.91 Å². The number of fused-ring (bicyclic) bond motifs is 1. The minimum Gasteiger partial charge on any atom is -0.456 e. The fourth-order valence-electron chi connectivity index (χ4n) is 4.51. The molecule has 0 radical (unpaired) electrons. The fraction of sp³-hybridized carbons (Fsp3) is 0.478. The van der Waals surface area contributed by atoms with Crippen molar-refractivity contribution in [1.29, 1.82) is 0 Å². The minimum absolute atomic E-state index is 0.0449. The molecule has 0 aliphatic carbocycles. The number of likely N-dealkylation sites (tertiary alicyclic amines) is 1. The highest BCUT2D eigenvalue weighted by molar-refractivity contribution is 5.92. The van der Waals surface area contributed by atoms with E-state index in [0.717, 1.165) is 86.8 Å². The molecule has 2 aromatic heterocycles. The zero-order valence-corrected chi connectivity index (χ0v) is 17.4. The third-order valence-electron chi connectivity index (χ3n) is 6.22. The van der Waals surface area contributed by atoms with Crippen LogP contribution in [0.5, 0.6) is 0 Å². The number of rotatable bonds is 4. The van der Waals surface area contributed by atoms with E-state index in [-0.39, 0.29) is 11.9 Å². The van der Waals surface area contributed by atoms with Crippen LogP contribution in [-0.2, 0) is 11.3 Å². The standard InChI is InChI=1S/C23H28N4O3/c1-16-17(15-26-10-12-29-13-11-26)14-21(30-16)23(28)27-9-5-4-8-20(27)22-24-18-6-2-3-7-19(18)25-22/h2-3,6-7,14,20H,4-5,8-13,15H2,1H3,(H,24,25)/t20-/m0/s1. The van der Waals surface area contributed by atoms with E-state index in [2.05, 4.69) is 9.88 Å². The van der Waals surface area contributed by atoms with Crippen LogP contribution in [0.2, 0.25) is 0 Å². The van der Waals surface area contributed by atoms with Gasteiger partial charge in [-0.3, -0.25) is 9.69 Å². The first kappa shape index (κ1) is 19.3. The van der Waals surface area contributed by atoms with Crippen molar-refractivity contribution in [2.75, 3.05) is 32.8 Å². The molecule has 30 heavy (non-hydrogen) atoms. The number of aromatic amines is 1. The highest BCUT2D eigenvalue weighted by atomic mass is 16.5. The molecule has 0 saturated carbocycles. The molecule has 7 heteroatoms. The molecule has 2 aliphatic rings. The van der Waals surface area contributed by atoms with Gasteiger partial charge < -0.3 is 19.0 Å². The Morgan fingerprint density at radius 2 is 2.03 bits per heavy atom. The second kappa shape index (κ2) is 8.24. The van der Waals surface area contributed by atoms with Crippen molar-refractivity contribution in [2.24, 2.45) is 0 Å². The maximum absolute atomic E-state index is 13.4. The molecule has 2 aliphatic heterocycles. The molecule has 2 saturated heterocycles. The van der Waals surface area contributed by atoms with Gasteiger partial charge in [0.15, 0.2) is 5.76 Å². The van der Waals surface area contributed by atoms with Gasteiger partial charge in [-0.25, -0.2) is 4.98 Å². The molecule has 0 bridgehead atoms. The summed E-state index contributed by atoms with van der Waals surface area (Å²) in [4.78, 5) is 25.9. The number of furan rings is 1. The summed E-state index contributed by atoms with van der Waals surface area (Å²) in [5.41, 5.74) is 3.02. The lowest BCUT2D eigenvalue weighted by molar-refractivity contribution is 0.0340. The topological polar surface area (TPSA) is 74.6 Å². The highest BCUT2D eigenvalue weighted by Crippen LogP contribution is 2.32. The lowest BCUT2D eigenvalue weighted by Crippen LogP contribution is -2.38. The van der Waals surface area contributed by atoms with Gasteiger partial charge in [-0.05, 0) is 44.4 Å². The quantitative estimate of drug-likeness (QED) is 0.713. The normalized spacial score (nSPS) is 20.7. The molecule has 5 rings (SSSR count). The van der Waals surface area contributed by atoms with Crippen molar-refractivity contribution in [1.82, 2.24) is 19.8 Å². The number of nitrogens with one attached hydrogen (secondary N) is 1. The van der Waals surface area contributed by atoms with E-state index < -0.39 is 0 Å². The Morgan fingerprint density at radius 1 is 1.20 bits per heavy atom. The van der Waals surface area contributed by atoms with Crippen molar-refractivity contribution in [2.45, 2.75) is 38.8 Å². The van der Waals surface area contributed by atoms with E-state index in [1.54, 1.807) is 0 Å². The van der Waals surface area contributed by atoms with Crippen LogP contribution in [0.1, 0.15) is 53.0 Å². The third kappa shape index (κ3) is 3.75. The zero-order valence-electron chi connectivity index (χ0n) is 17.4. The molecule has 4 heterocycles. The molecular formula is C23H28N4O3. The molecule has 1 aromatic carbocycles. The van der Waals surface area contributed by atoms with Gasteiger partial charge in [-0.15, -0.1) is 0 Å². The first-order valence-electron chi connectivity index (χ1n) is 10.8. The molecule has 2 fully saturated rings. The zero-order chi connectivity index (χ0) is 20.5. The molecular weight excluding hydrogens is 380 g/mol. The van der Waals surface area contributed by atoms with E-state index in [1.807, 2.05) is 42.2 Å². The predicted molar refractivity (Wildman–Crippen MR) is 113 cm³/mol. The third-order valence-corrected chi connectivity index (χ3v) is 6.22. The van der Waals surface area contributed by atoms with Crippen LogP contribution in [0.15, 0.2) is 34.7 Å². The van der Waals surface area contributed by atoms with Crippen LogP contribution < -0.4 is 0 Å². The monoisotopic (exact) mass is 408 g/mol. The molecule has 7 nitrogen and oxygen atoms in total. The summed E-state index contributed by atoms with van der Waals surface area (Å²) >= 11 is 0. The molecule has 158 valence electrons. The second-order valence-corrected chi connectivity index (χ2v) is 8.23. The summed E-state index contributed by atoms with van der Waals surface area (Å²) in [7, 11) is 0. The van der Waals surface area contributed by atoms with Crippen LogP contribution in [0.25, 0.3) is 11.0 Å². The maximum atomic E-state index is 13.4. The number of amides is 1. The predicted octanol–water partition coefficient (Wildman–Crippen LogP) is 3.66. The Balaban J connectivity index is 1.37. The number of ether oxygens (including phenoxy) is 1.